The van der Waals surface area contributed by atoms with Crippen LogP contribution in [0.15, 0.2) is 30.5 Å². The Kier molecular flexibility index (Phi) is 5.05. The SMILES string of the molecule is COCCCNCCn1cc(Cl)c2ccccc21. The molecular formula is C14H19ClN2O. The lowest BCUT2D eigenvalue weighted by Gasteiger charge is -2.07. The van der Waals surface area contributed by atoms with Crippen LogP contribution in [0.2, 0.25) is 5.02 Å². The summed E-state index contributed by atoms with van der Waals surface area (Å²) in [6.07, 6.45) is 3.05. The maximum atomic E-state index is 6.20. The van der Waals surface area contributed by atoms with Crippen LogP contribution in [0.1, 0.15) is 6.42 Å². The summed E-state index contributed by atoms with van der Waals surface area (Å²) in [6, 6.07) is 8.22. The molecule has 0 bridgehead atoms. The van der Waals surface area contributed by atoms with Crippen LogP contribution >= 0.6 is 11.6 Å². The Labute approximate surface area is 113 Å². The lowest BCUT2D eigenvalue weighted by atomic mass is 10.2. The van der Waals surface area contributed by atoms with Gasteiger partial charge in [-0.05, 0) is 19.0 Å². The van der Waals surface area contributed by atoms with Gasteiger partial charge in [-0.1, -0.05) is 29.8 Å². The second-order valence-electron chi connectivity index (χ2n) is 4.28. The van der Waals surface area contributed by atoms with E-state index in [1.807, 2.05) is 18.3 Å². The predicted molar refractivity (Wildman–Crippen MR) is 76.3 cm³/mol. The van der Waals surface area contributed by atoms with Crippen LogP contribution in [0.5, 0.6) is 0 Å². The molecule has 4 heteroatoms. The van der Waals surface area contributed by atoms with Gasteiger partial charge >= 0.3 is 0 Å². The van der Waals surface area contributed by atoms with Crippen LogP contribution in [-0.4, -0.2) is 31.4 Å². The fourth-order valence-electron chi connectivity index (χ4n) is 2.05. The zero-order chi connectivity index (χ0) is 12.8. The number of methoxy groups -OCH3 is 1. The molecule has 98 valence electrons. The Balaban J connectivity index is 1.88. The van der Waals surface area contributed by atoms with E-state index in [1.165, 1.54) is 5.52 Å². The molecule has 1 aromatic heterocycles. The van der Waals surface area contributed by atoms with E-state index >= 15 is 0 Å². The van der Waals surface area contributed by atoms with Crippen LogP contribution in [0.25, 0.3) is 10.9 Å². The number of nitrogens with one attached hydrogen (secondary N) is 1. The normalized spacial score (nSPS) is 11.2. The number of fused-ring (bicyclic) bond motifs is 1. The summed E-state index contributed by atoms with van der Waals surface area (Å²) in [7, 11) is 1.73. The van der Waals surface area contributed by atoms with Crippen LogP contribution in [0, 0.1) is 0 Å². The van der Waals surface area contributed by atoms with Gasteiger partial charge in [0.15, 0.2) is 0 Å². The van der Waals surface area contributed by atoms with Crippen LogP contribution < -0.4 is 5.32 Å². The van der Waals surface area contributed by atoms with Crippen molar-refractivity contribution in [3.8, 4) is 0 Å². The van der Waals surface area contributed by atoms with Gasteiger partial charge in [-0.3, -0.25) is 0 Å². The number of nitrogens with zero attached hydrogens (tertiary/aromatic N) is 1. The average Bonchev–Trinajstić information content (AvgIpc) is 2.71. The van der Waals surface area contributed by atoms with Crippen molar-refractivity contribution in [1.82, 2.24) is 9.88 Å². The van der Waals surface area contributed by atoms with Gasteiger partial charge in [0.05, 0.1) is 5.02 Å². The van der Waals surface area contributed by atoms with E-state index < -0.39 is 0 Å². The molecular weight excluding hydrogens is 248 g/mol. The largest absolute Gasteiger partial charge is 0.385 e. The molecule has 1 N–H and O–H groups in total. The smallest absolute Gasteiger partial charge is 0.0661 e. The zero-order valence-corrected chi connectivity index (χ0v) is 11.4. The third kappa shape index (κ3) is 3.25. The molecule has 0 fully saturated rings. The molecule has 0 amide bonds. The summed E-state index contributed by atoms with van der Waals surface area (Å²) in [5, 5.41) is 5.35. The average molecular weight is 267 g/mol. The van der Waals surface area contributed by atoms with E-state index in [-0.39, 0.29) is 0 Å². The van der Waals surface area contributed by atoms with Crippen molar-refractivity contribution in [3.63, 3.8) is 0 Å². The third-order valence-corrected chi connectivity index (χ3v) is 3.27. The quantitative estimate of drug-likeness (QED) is 0.780. The molecule has 18 heavy (non-hydrogen) atoms. The van der Waals surface area contributed by atoms with E-state index in [0.29, 0.717) is 0 Å². The molecule has 1 aromatic carbocycles. The summed E-state index contributed by atoms with van der Waals surface area (Å²) in [5.41, 5.74) is 1.20. The van der Waals surface area contributed by atoms with Crippen molar-refractivity contribution >= 4 is 22.5 Å². The van der Waals surface area contributed by atoms with Crippen LogP contribution in [0.4, 0.5) is 0 Å². The molecule has 2 rings (SSSR count). The number of rotatable bonds is 7. The summed E-state index contributed by atoms with van der Waals surface area (Å²) >= 11 is 6.20. The van der Waals surface area contributed by atoms with E-state index in [0.717, 1.165) is 43.1 Å². The highest BCUT2D eigenvalue weighted by Gasteiger charge is 2.04. The number of aromatic nitrogens is 1. The van der Waals surface area contributed by atoms with Gasteiger partial charge in [-0.2, -0.15) is 0 Å². The summed E-state index contributed by atoms with van der Waals surface area (Å²) in [4.78, 5) is 0. The fraction of sp³-hybridized carbons (Fsp3) is 0.429. The molecule has 0 aliphatic carbocycles. The lowest BCUT2D eigenvalue weighted by molar-refractivity contribution is 0.194. The zero-order valence-electron chi connectivity index (χ0n) is 10.7. The molecule has 0 unspecified atom stereocenters. The van der Waals surface area contributed by atoms with Crippen molar-refractivity contribution in [3.05, 3.63) is 35.5 Å². The molecule has 0 saturated heterocycles. The third-order valence-electron chi connectivity index (χ3n) is 2.97. The minimum absolute atomic E-state index is 0.811. The van der Waals surface area contributed by atoms with Gasteiger partial charge in [0, 0.05) is 43.9 Å². The Morgan fingerprint density at radius 3 is 2.94 bits per heavy atom. The maximum absolute atomic E-state index is 6.20. The molecule has 0 spiro atoms. The Bertz CT molecular complexity index is 495. The summed E-state index contributed by atoms with van der Waals surface area (Å²) < 4.78 is 7.20. The lowest BCUT2D eigenvalue weighted by Crippen LogP contribution is -2.21. The minimum Gasteiger partial charge on any atom is -0.385 e. The molecule has 2 aromatic rings. The number of halogens is 1. The van der Waals surface area contributed by atoms with Gasteiger partial charge in [0.25, 0.3) is 0 Å². The summed E-state index contributed by atoms with van der Waals surface area (Å²) in [6.45, 7) is 3.67. The topological polar surface area (TPSA) is 26.2 Å². The highest BCUT2D eigenvalue weighted by atomic mass is 35.5. The number of ether oxygens (including phenoxy) is 1. The first-order valence-electron chi connectivity index (χ1n) is 6.26. The van der Waals surface area contributed by atoms with Crippen molar-refractivity contribution in [1.29, 1.82) is 0 Å². The molecule has 0 radical (unpaired) electrons. The van der Waals surface area contributed by atoms with Gasteiger partial charge in [0.2, 0.25) is 0 Å². The predicted octanol–water partition coefficient (Wildman–Crippen LogP) is 2.92. The molecule has 0 saturated carbocycles. The molecule has 1 heterocycles. The van der Waals surface area contributed by atoms with E-state index in [2.05, 4.69) is 22.0 Å². The van der Waals surface area contributed by atoms with E-state index in [4.69, 9.17) is 16.3 Å². The van der Waals surface area contributed by atoms with Gasteiger partial charge < -0.3 is 14.6 Å². The first-order chi connectivity index (χ1) is 8.83. The maximum Gasteiger partial charge on any atom is 0.0661 e. The van der Waals surface area contributed by atoms with Crippen molar-refractivity contribution < 1.29 is 4.74 Å². The molecule has 0 aliphatic heterocycles. The van der Waals surface area contributed by atoms with Crippen LogP contribution in [0.3, 0.4) is 0 Å². The van der Waals surface area contributed by atoms with Gasteiger partial charge in [-0.25, -0.2) is 0 Å². The van der Waals surface area contributed by atoms with Crippen molar-refractivity contribution in [2.75, 3.05) is 26.8 Å². The second-order valence-corrected chi connectivity index (χ2v) is 4.69. The number of hydrogen-bond donors (Lipinski definition) is 1. The first-order valence-corrected chi connectivity index (χ1v) is 6.64. The number of para-hydroxylation sites is 1. The van der Waals surface area contributed by atoms with Gasteiger partial charge in [-0.15, -0.1) is 0 Å². The fourth-order valence-corrected chi connectivity index (χ4v) is 2.33. The minimum atomic E-state index is 0.811. The van der Waals surface area contributed by atoms with Crippen molar-refractivity contribution in [2.45, 2.75) is 13.0 Å². The number of hydrogen-bond acceptors (Lipinski definition) is 2. The first kappa shape index (κ1) is 13.4. The Morgan fingerprint density at radius 2 is 2.11 bits per heavy atom. The van der Waals surface area contributed by atoms with Crippen molar-refractivity contribution in [2.24, 2.45) is 0 Å². The monoisotopic (exact) mass is 266 g/mol. The Morgan fingerprint density at radius 1 is 1.28 bits per heavy atom. The van der Waals surface area contributed by atoms with E-state index in [1.54, 1.807) is 7.11 Å². The second kappa shape index (κ2) is 6.78. The van der Waals surface area contributed by atoms with E-state index in [9.17, 15) is 0 Å². The molecule has 0 aliphatic rings. The summed E-state index contributed by atoms with van der Waals surface area (Å²) in [5.74, 6) is 0. The van der Waals surface area contributed by atoms with Crippen LogP contribution in [-0.2, 0) is 11.3 Å². The van der Waals surface area contributed by atoms with Gasteiger partial charge in [0.1, 0.15) is 0 Å². The molecule has 0 atom stereocenters. The Hall–Kier alpha value is -1.03. The molecule has 3 nitrogen and oxygen atoms in total. The highest BCUT2D eigenvalue weighted by molar-refractivity contribution is 6.35. The standard InChI is InChI=1S/C14H19ClN2O/c1-18-10-4-7-16-8-9-17-11-13(15)12-5-2-3-6-14(12)17/h2-3,5-6,11,16H,4,7-10H2,1H3. The number of benzene rings is 1. The highest BCUT2D eigenvalue weighted by Crippen LogP contribution is 2.25.